The third kappa shape index (κ3) is 2.77. The van der Waals surface area contributed by atoms with E-state index < -0.39 is 6.10 Å². The van der Waals surface area contributed by atoms with Crippen molar-refractivity contribution in [1.82, 2.24) is 15.0 Å². The van der Waals surface area contributed by atoms with Crippen LogP contribution in [0.1, 0.15) is 18.7 Å². The average Bonchev–Trinajstić information content (AvgIpc) is 2.31. The molecular formula is C11H11N3OS. The Morgan fingerprint density at radius 2 is 2.12 bits per heavy atom. The van der Waals surface area contributed by atoms with Gasteiger partial charge in [-0.2, -0.15) is 0 Å². The van der Waals surface area contributed by atoms with Crippen LogP contribution in [0.15, 0.2) is 46.8 Å². The van der Waals surface area contributed by atoms with Crippen LogP contribution in [0.5, 0.6) is 0 Å². The predicted molar refractivity (Wildman–Crippen MR) is 61.0 cm³/mol. The molecule has 0 aromatic carbocycles. The first kappa shape index (κ1) is 11.0. The molecule has 1 atom stereocenters. The summed E-state index contributed by atoms with van der Waals surface area (Å²) in [4.78, 5) is 13.1. The van der Waals surface area contributed by atoms with Gasteiger partial charge in [0.2, 0.25) is 0 Å². The molecule has 0 saturated heterocycles. The molecule has 0 saturated carbocycles. The summed E-state index contributed by atoms with van der Waals surface area (Å²) in [6, 6.07) is 5.57. The molecule has 2 aromatic rings. The van der Waals surface area contributed by atoms with Gasteiger partial charge < -0.3 is 5.11 Å². The van der Waals surface area contributed by atoms with Crippen LogP contribution < -0.4 is 0 Å². The van der Waals surface area contributed by atoms with Crippen molar-refractivity contribution < 1.29 is 5.11 Å². The lowest BCUT2D eigenvalue weighted by molar-refractivity contribution is 0.194. The van der Waals surface area contributed by atoms with Crippen molar-refractivity contribution in [3.8, 4) is 0 Å². The highest BCUT2D eigenvalue weighted by atomic mass is 32.2. The third-order valence-electron chi connectivity index (χ3n) is 1.96. The molecule has 16 heavy (non-hydrogen) atoms. The van der Waals surface area contributed by atoms with Gasteiger partial charge in [0, 0.05) is 17.3 Å². The Hall–Kier alpha value is -1.46. The minimum atomic E-state index is -0.530. The maximum Gasteiger partial charge on any atom is 0.116 e. The van der Waals surface area contributed by atoms with E-state index in [0.29, 0.717) is 5.69 Å². The van der Waals surface area contributed by atoms with Gasteiger partial charge in [-0.3, -0.25) is 4.98 Å². The maximum atomic E-state index is 9.31. The summed E-state index contributed by atoms with van der Waals surface area (Å²) >= 11 is 1.51. The quantitative estimate of drug-likeness (QED) is 0.822. The Bertz CT molecular complexity index is 445. The Labute approximate surface area is 97.8 Å². The maximum absolute atomic E-state index is 9.31. The van der Waals surface area contributed by atoms with Gasteiger partial charge in [-0.05, 0) is 25.1 Å². The lowest BCUT2D eigenvalue weighted by Gasteiger charge is -2.04. The highest BCUT2D eigenvalue weighted by molar-refractivity contribution is 7.99. The van der Waals surface area contributed by atoms with Crippen LogP contribution in [-0.2, 0) is 0 Å². The number of nitrogens with zero attached hydrogens (tertiary/aromatic N) is 3. The molecule has 0 bridgehead atoms. The number of hydrogen-bond acceptors (Lipinski definition) is 5. The minimum absolute atomic E-state index is 0.530. The molecule has 2 rings (SSSR count). The van der Waals surface area contributed by atoms with Crippen molar-refractivity contribution in [3.05, 3.63) is 42.6 Å². The van der Waals surface area contributed by atoms with Gasteiger partial charge in [-0.1, -0.05) is 11.8 Å². The van der Waals surface area contributed by atoms with Gasteiger partial charge in [-0.25, -0.2) is 9.97 Å². The first-order valence-electron chi connectivity index (χ1n) is 4.83. The number of aliphatic hydroxyl groups excluding tert-OH is 1. The SMILES string of the molecule is C[C@@H](O)c1ccc(Sc2ccncn2)cn1. The van der Waals surface area contributed by atoms with Gasteiger partial charge in [0.05, 0.1) is 11.8 Å². The number of aliphatic hydroxyl groups is 1. The van der Waals surface area contributed by atoms with E-state index in [0.717, 1.165) is 9.92 Å². The zero-order valence-corrected chi connectivity index (χ0v) is 9.56. The normalized spacial score (nSPS) is 12.4. The molecule has 2 heterocycles. The van der Waals surface area contributed by atoms with Crippen molar-refractivity contribution in [2.45, 2.75) is 22.9 Å². The van der Waals surface area contributed by atoms with Crippen molar-refractivity contribution in [2.75, 3.05) is 0 Å². The molecule has 0 aliphatic rings. The van der Waals surface area contributed by atoms with Gasteiger partial charge in [0.25, 0.3) is 0 Å². The second-order valence-electron chi connectivity index (χ2n) is 3.24. The zero-order valence-electron chi connectivity index (χ0n) is 8.74. The Balaban J connectivity index is 2.11. The standard InChI is InChI=1S/C11H11N3OS/c1-8(15)10-3-2-9(6-13-10)16-11-4-5-12-7-14-11/h2-8,15H,1H3/t8-/m1/s1. The Kier molecular flexibility index (Phi) is 3.48. The van der Waals surface area contributed by atoms with Crippen LogP contribution in [0.25, 0.3) is 0 Å². The van der Waals surface area contributed by atoms with Crippen LogP contribution in [0.3, 0.4) is 0 Å². The number of pyridine rings is 1. The molecule has 0 unspecified atom stereocenters. The third-order valence-corrected chi connectivity index (χ3v) is 2.89. The van der Waals surface area contributed by atoms with E-state index in [2.05, 4.69) is 15.0 Å². The van der Waals surface area contributed by atoms with E-state index in [1.54, 1.807) is 19.3 Å². The molecule has 0 spiro atoms. The zero-order chi connectivity index (χ0) is 11.4. The van der Waals surface area contributed by atoms with E-state index in [9.17, 15) is 5.11 Å². The van der Waals surface area contributed by atoms with Crippen LogP contribution in [0.2, 0.25) is 0 Å². The fourth-order valence-corrected chi connectivity index (χ4v) is 1.87. The largest absolute Gasteiger partial charge is 0.387 e. The van der Waals surface area contributed by atoms with E-state index in [1.165, 1.54) is 18.1 Å². The highest BCUT2D eigenvalue weighted by Crippen LogP contribution is 2.25. The highest BCUT2D eigenvalue weighted by Gasteiger charge is 2.03. The summed E-state index contributed by atoms with van der Waals surface area (Å²) < 4.78 is 0. The van der Waals surface area contributed by atoms with E-state index in [1.807, 2.05) is 18.2 Å². The van der Waals surface area contributed by atoms with Crippen LogP contribution in [0, 0.1) is 0 Å². The second-order valence-corrected chi connectivity index (χ2v) is 4.34. The average molecular weight is 233 g/mol. The second kappa shape index (κ2) is 5.05. The van der Waals surface area contributed by atoms with Crippen molar-refractivity contribution in [1.29, 1.82) is 0 Å². The summed E-state index contributed by atoms with van der Waals surface area (Å²) in [6.45, 7) is 1.69. The molecule has 0 fully saturated rings. The summed E-state index contributed by atoms with van der Waals surface area (Å²) in [5.41, 5.74) is 0.673. The van der Waals surface area contributed by atoms with Crippen LogP contribution >= 0.6 is 11.8 Å². The van der Waals surface area contributed by atoms with Gasteiger partial charge in [-0.15, -0.1) is 0 Å². The van der Waals surface area contributed by atoms with Crippen molar-refractivity contribution >= 4 is 11.8 Å². The summed E-state index contributed by atoms with van der Waals surface area (Å²) in [6.07, 6.45) is 4.42. The molecule has 82 valence electrons. The first-order valence-corrected chi connectivity index (χ1v) is 5.65. The molecule has 5 heteroatoms. The van der Waals surface area contributed by atoms with E-state index in [-0.39, 0.29) is 0 Å². The smallest absolute Gasteiger partial charge is 0.116 e. The van der Waals surface area contributed by atoms with Gasteiger partial charge in [0.1, 0.15) is 11.4 Å². The summed E-state index contributed by atoms with van der Waals surface area (Å²) in [7, 11) is 0. The summed E-state index contributed by atoms with van der Waals surface area (Å²) in [5.74, 6) is 0. The molecule has 4 nitrogen and oxygen atoms in total. The first-order chi connectivity index (χ1) is 7.75. The fraction of sp³-hybridized carbons (Fsp3) is 0.182. The molecule has 0 radical (unpaired) electrons. The van der Waals surface area contributed by atoms with Gasteiger partial charge in [0.15, 0.2) is 0 Å². The number of hydrogen-bond donors (Lipinski definition) is 1. The Morgan fingerprint density at radius 3 is 2.69 bits per heavy atom. The topological polar surface area (TPSA) is 58.9 Å². The molecular weight excluding hydrogens is 222 g/mol. The fourth-order valence-electron chi connectivity index (χ4n) is 1.16. The summed E-state index contributed by atoms with van der Waals surface area (Å²) in [5, 5.41) is 10.2. The minimum Gasteiger partial charge on any atom is -0.387 e. The van der Waals surface area contributed by atoms with E-state index in [4.69, 9.17) is 0 Å². The van der Waals surface area contributed by atoms with Crippen molar-refractivity contribution in [3.63, 3.8) is 0 Å². The molecule has 2 aromatic heterocycles. The number of rotatable bonds is 3. The van der Waals surface area contributed by atoms with Crippen LogP contribution in [0.4, 0.5) is 0 Å². The lowest BCUT2D eigenvalue weighted by Crippen LogP contribution is -1.94. The Morgan fingerprint density at radius 1 is 1.25 bits per heavy atom. The molecule has 0 aliphatic carbocycles. The van der Waals surface area contributed by atoms with E-state index >= 15 is 0 Å². The molecule has 1 N–H and O–H groups in total. The van der Waals surface area contributed by atoms with Crippen molar-refractivity contribution in [2.24, 2.45) is 0 Å². The molecule has 0 aliphatic heterocycles. The predicted octanol–water partition coefficient (Wildman–Crippen LogP) is 2.08. The monoisotopic (exact) mass is 233 g/mol. The lowest BCUT2D eigenvalue weighted by atomic mass is 10.2. The van der Waals surface area contributed by atoms with Crippen LogP contribution in [-0.4, -0.2) is 20.1 Å². The number of aromatic nitrogens is 3. The molecule has 0 amide bonds. The van der Waals surface area contributed by atoms with Gasteiger partial charge >= 0.3 is 0 Å².